The maximum absolute atomic E-state index is 12.7. The molecular formula is C19H18Cl2N2O3. The molecule has 2 atom stereocenters. The van der Waals surface area contributed by atoms with Gasteiger partial charge in [-0.3, -0.25) is 9.59 Å². The third-order valence-electron chi connectivity index (χ3n) is 4.36. The molecule has 0 heterocycles. The summed E-state index contributed by atoms with van der Waals surface area (Å²) in [6, 6.07) is 9.74. The summed E-state index contributed by atoms with van der Waals surface area (Å²) < 4.78 is 5.44. The SMILES string of the molecule is CC(=O)O[C@@H]1CCc2ccc(N)cc2[C@H]1NC(=O)c1ccc(Cl)c(Cl)c1. The first-order chi connectivity index (χ1) is 12.3. The highest BCUT2D eigenvalue weighted by Gasteiger charge is 2.33. The van der Waals surface area contributed by atoms with Gasteiger partial charge in [0.2, 0.25) is 0 Å². The van der Waals surface area contributed by atoms with Gasteiger partial charge in [0.15, 0.2) is 0 Å². The molecule has 0 aliphatic heterocycles. The minimum Gasteiger partial charge on any atom is -0.460 e. The monoisotopic (exact) mass is 392 g/mol. The van der Waals surface area contributed by atoms with Crippen LogP contribution in [0.5, 0.6) is 0 Å². The van der Waals surface area contributed by atoms with Crippen molar-refractivity contribution in [2.75, 3.05) is 5.73 Å². The molecule has 3 rings (SSSR count). The predicted octanol–water partition coefficient (Wildman–Crippen LogP) is 3.92. The largest absolute Gasteiger partial charge is 0.460 e. The van der Waals surface area contributed by atoms with Crippen molar-refractivity contribution in [2.24, 2.45) is 0 Å². The second kappa shape index (κ2) is 7.56. The Balaban J connectivity index is 1.92. The zero-order chi connectivity index (χ0) is 18.8. The van der Waals surface area contributed by atoms with Crippen LogP contribution in [-0.2, 0) is 16.0 Å². The van der Waals surface area contributed by atoms with Crippen LogP contribution >= 0.6 is 23.2 Å². The van der Waals surface area contributed by atoms with Gasteiger partial charge in [-0.1, -0.05) is 29.3 Å². The zero-order valence-corrected chi connectivity index (χ0v) is 15.6. The van der Waals surface area contributed by atoms with Crippen molar-refractivity contribution < 1.29 is 14.3 Å². The number of fused-ring (bicyclic) bond motifs is 1. The number of nitrogens with two attached hydrogens (primary N) is 1. The second-order valence-electron chi connectivity index (χ2n) is 6.22. The Kier molecular flexibility index (Phi) is 5.39. The highest BCUT2D eigenvalue weighted by molar-refractivity contribution is 6.42. The molecule has 1 aliphatic rings. The fraction of sp³-hybridized carbons (Fsp3) is 0.263. The molecule has 0 unspecified atom stereocenters. The Bertz CT molecular complexity index is 870. The van der Waals surface area contributed by atoms with Gasteiger partial charge in [0.05, 0.1) is 16.1 Å². The Hall–Kier alpha value is -2.24. The molecule has 136 valence electrons. The van der Waals surface area contributed by atoms with Gasteiger partial charge in [0, 0.05) is 18.2 Å². The third kappa shape index (κ3) is 3.94. The lowest BCUT2D eigenvalue weighted by Gasteiger charge is -2.33. The van der Waals surface area contributed by atoms with Gasteiger partial charge in [-0.05, 0) is 54.3 Å². The standard InChI is InChI=1S/C19H18Cl2N2O3/c1-10(24)26-17-7-4-11-2-5-13(22)9-14(11)18(17)23-19(25)12-3-6-15(20)16(21)8-12/h2-3,5-6,8-9,17-18H,4,7,22H2,1H3,(H,23,25)/t17-,18-/m1/s1. The van der Waals surface area contributed by atoms with E-state index >= 15 is 0 Å². The third-order valence-corrected chi connectivity index (χ3v) is 5.10. The number of ether oxygens (including phenoxy) is 1. The van der Waals surface area contributed by atoms with Gasteiger partial charge in [-0.2, -0.15) is 0 Å². The van der Waals surface area contributed by atoms with Gasteiger partial charge in [-0.15, -0.1) is 0 Å². The lowest BCUT2D eigenvalue weighted by atomic mass is 9.85. The summed E-state index contributed by atoms with van der Waals surface area (Å²) in [7, 11) is 0. The number of rotatable bonds is 3. The van der Waals surface area contributed by atoms with E-state index in [0.29, 0.717) is 27.7 Å². The van der Waals surface area contributed by atoms with Crippen LogP contribution in [0.1, 0.15) is 40.9 Å². The van der Waals surface area contributed by atoms with E-state index in [1.165, 1.54) is 13.0 Å². The Morgan fingerprint density at radius 2 is 1.92 bits per heavy atom. The molecule has 1 aliphatic carbocycles. The van der Waals surface area contributed by atoms with Gasteiger partial charge in [-0.25, -0.2) is 0 Å². The van der Waals surface area contributed by atoms with Crippen molar-refractivity contribution >= 4 is 40.8 Å². The number of amides is 1. The minimum atomic E-state index is -0.492. The van der Waals surface area contributed by atoms with E-state index in [4.69, 9.17) is 33.7 Å². The summed E-state index contributed by atoms with van der Waals surface area (Å²) in [5.74, 6) is -0.725. The van der Waals surface area contributed by atoms with Crippen molar-refractivity contribution in [1.29, 1.82) is 0 Å². The molecule has 0 saturated carbocycles. The van der Waals surface area contributed by atoms with Crippen LogP contribution in [-0.4, -0.2) is 18.0 Å². The lowest BCUT2D eigenvalue weighted by molar-refractivity contribution is -0.148. The fourth-order valence-corrected chi connectivity index (χ4v) is 3.47. The number of aryl methyl sites for hydroxylation is 1. The number of nitrogen functional groups attached to an aromatic ring is 1. The topological polar surface area (TPSA) is 81.4 Å². The zero-order valence-electron chi connectivity index (χ0n) is 14.1. The Morgan fingerprint density at radius 1 is 1.15 bits per heavy atom. The molecule has 0 bridgehead atoms. The second-order valence-corrected chi connectivity index (χ2v) is 7.04. The molecule has 26 heavy (non-hydrogen) atoms. The molecule has 2 aromatic rings. The molecule has 2 aromatic carbocycles. The first-order valence-electron chi connectivity index (χ1n) is 8.16. The van der Waals surface area contributed by atoms with Crippen molar-refractivity contribution in [3.8, 4) is 0 Å². The number of hydrogen-bond acceptors (Lipinski definition) is 4. The van der Waals surface area contributed by atoms with E-state index in [0.717, 1.165) is 17.5 Å². The predicted molar refractivity (Wildman–Crippen MR) is 101 cm³/mol. The van der Waals surface area contributed by atoms with Crippen LogP contribution in [0.2, 0.25) is 10.0 Å². The summed E-state index contributed by atoms with van der Waals surface area (Å²) in [5, 5.41) is 3.61. The smallest absolute Gasteiger partial charge is 0.302 e. The number of halogens is 2. The molecule has 7 heteroatoms. The van der Waals surface area contributed by atoms with E-state index in [9.17, 15) is 9.59 Å². The molecule has 3 N–H and O–H groups in total. The fourth-order valence-electron chi connectivity index (χ4n) is 3.17. The first kappa shape index (κ1) is 18.5. The number of esters is 1. The van der Waals surface area contributed by atoms with E-state index < -0.39 is 18.1 Å². The van der Waals surface area contributed by atoms with Crippen molar-refractivity contribution in [3.05, 3.63) is 63.1 Å². The van der Waals surface area contributed by atoms with E-state index in [1.807, 2.05) is 18.2 Å². The molecule has 0 spiro atoms. The van der Waals surface area contributed by atoms with Crippen LogP contribution < -0.4 is 11.1 Å². The number of carbonyl (C=O) groups is 2. The molecular weight excluding hydrogens is 375 g/mol. The van der Waals surface area contributed by atoms with E-state index in [-0.39, 0.29) is 5.91 Å². The molecule has 0 radical (unpaired) electrons. The first-order valence-corrected chi connectivity index (χ1v) is 8.92. The lowest BCUT2D eigenvalue weighted by Crippen LogP contribution is -2.41. The van der Waals surface area contributed by atoms with Crippen LogP contribution in [0, 0.1) is 0 Å². The summed E-state index contributed by atoms with van der Waals surface area (Å²) >= 11 is 11.9. The maximum atomic E-state index is 12.7. The average molecular weight is 393 g/mol. The normalized spacial score (nSPS) is 18.7. The van der Waals surface area contributed by atoms with Crippen molar-refractivity contribution in [2.45, 2.75) is 31.9 Å². The number of benzene rings is 2. The molecule has 1 amide bonds. The van der Waals surface area contributed by atoms with Gasteiger partial charge < -0.3 is 15.8 Å². The summed E-state index contributed by atoms with van der Waals surface area (Å²) in [4.78, 5) is 24.2. The van der Waals surface area contributed by atoms with Crippen LogP contribution in [0.3, 0.4) is 0 Å². The number of carbonyl (C=O) groups excluding carboxylic acids is 2. The van der Waals surface area contributed by atoms with E-state index in [2.05, 4.69) is 5.32 Å². The quantitative estimate of drug-likeness (QED) is 0.612. The highest BCUT2D eigenvalue weighted by Crippen LogP contribution is 2.34. The summed E-state index contributed by atoms with van der Waals surface area (Å²) in [6.45, 7) is 1.35. The Labute approximate surface area is 161 Å². The van der Waals surface area contributed by atoms with Crippen LogP contribution in [0.15, 0.2) is 36.4 Å². The average Bonchev–Trinajstić information content (AvgIpc) is 2.59. The molecule has 5 nitrogen and oxygen atoms in total. The van der Waals surface area contributed by atoms with E-state index in [1.54, 1.807) is 12.1 Å². The number of hydrogen-bond donors (Lipinski definition) is 2. The van der Waals surface area contributed by atoms with Gasteiger partial charge >= 0.3 is 5.97 Å². The van der Waals surface area contributed by atoms with Gasteiger partial charge in [0.25, 0.3) is 5.91 Å². The minimum absolute atomic E-state index is 0.296. The van der Waals surface area contributed by atoms with Crippen molar-refractivity contribution in [1.82, 2.24) is 5.32 Å². The number of nitrogens with one attached hydrogen (secondary N) is 1. The molecule has 0 aromatic heterocycles. The van der Waals surface area contributed by atoms with Crippen LogP contribution in [0.25, 0.3) is 0 Å². The van der Waals surface area contributed by atoms with Crippen molar-refractivity contribution in [3.63, 3.8) is 0 Å². The van der Waals surface area contributed by atoms with Gasteiger partial charge in [0.1, 0.15) is 6.10 Å². The number of anilines is 1. The molecule has 0 saturated heterocycles. The summed E-state index contributed by atoms with van der Waals surface area (Å²) in [6.07, 6.45) is 0.892. The maximum Gasteiger partial charge on any atom is 0.302 e. The Morgan fingerprint density at radius 3 is 2.62 bits per heavy atom. The molecule has 0 fully saturated rings. The summed E-state index contributed by atoms with van der Waals surface area (Å²) in [5.41, 5.74) is 8.80. The van der Waals surface area contributed by atoms with Crippen LogP contribution in [0.4, 0.5) is 5.69 Å². The highest BCUT2D eigenvalue weighted by atomic mass is 35.5.